The van der Waals surface area contributed by atoms with Crippen LogP contribution in [-0.2, 0) is 0 Å². The standard InChI is InChI=1S/C14H20ClN5/c1-9(2)7-16-12-11-13(19-14(15)18-12)17-8-20(11)10-5-3-4-6-10/h8-10H,3-7H2,1-2H3,(H,16,18,19). The van der Waals surface area contributed by atoms with Gasteiger partial charge in [-0.05, 0) is 30.4 Å². The fraction of sp³-hybridized carbons (Fsp3) is 0.643. The van der Waals surface area contributed by atoms with Crippen LogP contribution < -0.4 is 5.32 Å². The molecule has 1 fully saturated rings. The van der Waals surface area contributed by atoms with Crippen molar-refractivity contribution in [1.82, 2.24) is 19.5 Å². The molecule has 2 aromatic heterocycles. The van der Waals surface area contributed by atoms with Crippen LogP contribution in [0.15, 0.2) is 6.33 Å². The Bertz CT molecular complexity index is 601. The van der Waals surface area contributed by atoms with Crippen LogP contribution in [0.5, 0.6) is 0 Å². The summed E-state index contributed by atoms with van der Waals surface area (Å²) >= 11 is 6.00. The molecule has 5 nitrogen and oxygen atoms in total. The highest BCUT2D eigenvalue weighted by atomic mass is 35.5. The lowest BCUT2D eigenvalue weighted by molar-refractivity contribution is 0.532. The molecule has 2 heterocycles. The number of hydrogen-bond donors (Lipinski definition) is 1. The summed E-state index contributed by atoms with van der Waals surface area (Å²) in [7, 11) is 0. The lowest BCUT2D eigenvalue weighted by atomic mass is 10.2. The summed E-state index contributed by atoms with van der Waals surface area (Å²) in [5.74, 6) is 1.35. The molecule has 1 saturated carbocycles. The smallest absolute Gasteiger partial charge is 0.226 e. The molecule has 20 heavy (non-hydrogen) atoms. The zero-order valence-electron chi connectivity index (χ0n) is 11.9. The Morgan fingerprint density at radius 2 is 2.10 bits per heavy atom. The minimum atomic E-state index is 0.250. The van der Waals surface area contributed by atoms with Crippen molar-refractivity contribution in [2.45, 2.75) is 45.6 Å². The van der Waals surface area contributed by atoms with E-state index in [4.69, 9.17) is 11.6 Å². The molecule has 0 aliphatic heterocycles. The Morgan fingerprint density at radius 3 is 2.80 bits per heavy atom. The van der Waals surface area contributed by atoms with Gasteiger partial charge in [0.25, 0.3) is 0 Å². The molecule has 0 aromatic carbocycles. The number of aromatic nitrogens is 4. The van der Waals surface area contributed by atoms with E-state index >= 15 is 0 Å². The number of rotatable bonds is 4. The van der Waals surface area contributed by atoms with Crippen molar-refractivity contribution in [2.24, 2.45) is 5.92 Å². The minimum Gasteiger partial charge on any atom is -0.368 e. The molecule has 0 unspecified atom stereocenters. The molecule has 6 heteroatoms. The molecule has 0 spiro atoms. The van der Waals surface area contributed by atoms with Gasteiger partial charge in [-0.2, -0.15) is 9.97 Å². The summed E-state index contributed by atoms with van der Waals surface area (Å²) in [6, 6.07) is 0.518. The van der Waals surface area contributed by atoms with Gasteiger partial charge < -0.3 is 9.88 Å². The Kier molecular flexibility index (Phi) is 3.78. The number of anilines is 1. The summed E-state index contributed by atoms with van der Waals surface area (Å²) in [5, 5.41) is 3.63. The molecular weight excluding hydrogens is 274 g/mol. The molecule has 3 rings (SSSR count). The van der Waals surface area contributed by atoms with Crippen LogP contribution in [0.3, 0.4) is 0 Å². The van der Waals surface area contributed by atoms with E-state index in [1.165, 1.54) is 25.7 Å². The number of hydrogen-bond acceptors (Lipinski definition) is 4. The number of fused-ring (bicyclic) bond motifs is 1. The van der Waals surface area contributed by atoms with E-state index in [9.17, 15) is 0 Å². The first kappa shape index (κ1) is 13.6. The summed E-state index contributed by atoms with van der Waals surface area (Å²) in [6.45, 7) is 5.20. The average Bonchev–Trinajstić information content (AvgIpc) is 3.03. The molecule has 2 aromatic rings. The Balaban J connectivity index is 2.03. The van der Waals surface area contributed by atoms with Gasteiger partial charge in [0.05, 0.1) is 6.33 Å². The van der Waals surface area contributed by atoms with Gasteiger partial charge in [-0.3, -0.25) is 0 Å². The second-order valence-corrected chi connectivity index (χ2v) is 6.22. The van der Waals surface area contributed by atoms with Gasteiger partial charge in [-0.15, -0.1) is 0 Å². The van der Waals surface area contributed by atoms with Crippen LogP contribution in [0.25, 0.3) is 11.2 Å². The monoisotopic (exact) mass is 293 g/mol. The topological polar surface area (TPSA) is 55.6 Å². The molecule has 0 saturated heterocycles. The fourth-order valence-electron chi connectivity index (χ4n) is 2.80. The van der Waals surface area contributed by atoms with Crippen molar-refractivity contribution in [3.8, 4) is 0 Å². The molecule has 1 N–H and O–H groups in total. The third-order valence-corrected chi connectivity index (χ3v) is 3.97. The maximum atomic E-state index is 6.00. The number of nitrogens with zero attached hydrogens (tertiary/aromatic N) is 4. The third kappa shape index (κ3) is 2.59. The van der Waals surface area contributed by atoms with Crippen LogP contribution in [0.2, 0.25) is 5.28 Å². The van der Waals surface area contributed by atoms with E-state index in [-0.39, 0.29) is 5.28 Å². The molecule has 0 atom stereocenters. The van der Waals surface area contributed by atoms with Gasteiger partial charge >= 0.3 is 0 Å². The van der Waals surface area contributed by atoms with Gasteiger partial charge in [-0.25, -0.2) is 4.98 Å². The van der Waals surface area contributed by atoms with Gasteiger partial charge in [0.1, 0.15) is 5.52 Å². The van der Waals surface area contributed by atoms with Gasteiger partial charge in [0.2, 0.25) is 5.28 Å². The highest BCUT2D eigenvalue weighted by Gasteiger charge is 2.22. The molecule has 0 radical (unpaired) electrons. The number of nitrogens with one attached hydrogen (secondary N) is 1. The number of halogens is 1. The molecular formula is C14H20ClN5. The van der Waals surface area contributed by atoms with Crippen molar-refractivity contribution < 1.29 is 0 Å². The highest BCUT2D eigenvalue weighted by Crippen LogP contribution is 2.33. The van der Waals surface area contributed by atoms with Crippen LogP contribution in [0, 0.1) is 5.92 Å². The normalized spacial score (nSPS) is 16.4. The van der Waals surface area contributed by atoms with E-state index in [2.05, 4.69) is 38.7 Å². The van der Waals surface area contributed by atoms with Crippen molar-refractivity contribution in [1.29, 1.82) is 0 Å². The van der Waals surface area contributed by atoms with Gasteiger partial charge in [0.15, 0.2) is 11.5 Å². The molecule has 1 aliphatic carbocycles. The van der Waals surface area contributed by atoms with Crippen LogP contribution in [-0.4, -0.2) is 26.1 Å². The lowest BCUT2D eigenvalue weighted by Crippen LogP contribution is -2.12. The molecule has 1 aliphatic rings. The maximum Gasteiger partial charge on any atom is 0.226 e. The summed E-state index contributed by atoms with van der Waals surface area (Å²) < 4.78 is 2.22. The molecule has 0 bridgehead atoms. The van der Waals surface area contributed by atoms with Crippen LogP contribution in [0.1, 0.15) is 45.6 Å². The van der Waals surface area contributed by atoms with E-state index in [1.54, 1.807) is 0 Å². The number of imidazole rings is 1. The van der Waals surface area contributed by atoms with Crippen LogP contribution in [0.4, 0.5) is 5.82 Å². The lowest BCUT2D eigenvalue weighted by Gasteiger charge is -2.15. The van der Waals surface area contributed by atoms with Gasteiger partial charge in [-0.1, -0.05) is 26.7 Å². The van der Waals surface area contributed by atoms with Crippen molar-refractivity contribution in [3.63, 3.8) is 0 Å². The zero-order valence-corrected chi connectivity index (χ0v) is 12.7. The predicted octanol–water partition coefficient (Wildman–Crippen LogP) is 3.66. The average molecular weight is 294 g/mol. The van der Waals surface area contributed by atoms with Crippen LogP contribution >= 0.6 is 11.6 Å². The second-order valence-electron chi connectivity index (χ2n) is 5.88. The highest BCUT2D eigenvalue weighted by molar-refractivity contribution is 6.28. The zero-order chi connectivity index (χ0) is 14.1. The van der Waals surface area contributed by atoms with Crippen molar-refractivity contribution in [3.05, 3.63) is 11.6 Å². The first-order valence-electron chi connectivity index (χ1n) is 7.29. The van der Waals surface area contributed by atoms with E-state index in [0.717, 1.165) is 17.9 Å². The predicted molar refractivity (Wildman–Crippen MR) is 81.2 cm³/mol. The SMILES string of the molecule is CC(C)CNc1nc(Cl)nc2ncn(C3CCCC3)c12. The van der Waals surface area contributed by atoms with E-state index in [1.807, 2.05) is 6.33 Å². The quantitative estimate of drug-likeness (QED) is 0.874. The first-order chi connectivity index (χ1) is 9.65. The Labute approximate surface area is 123 Å². The largest absolute Gasteiger partial charge is 0.368 e. The molecule has 0 amide bonds. The summed E-state index contributed by atoms with van der Waals surface area (Å²) in [4.78, 5) is 13.0. The second kappa shape index (κ2) is 5.56. The minimum absolute atomic E-state index is 0.250. The Hall–Kier alpha value is -1.36. The summed E-state index contributed by atoms with van der Waals surface area (Å²) in [5.41, 5.74) is 1.67. The molecule has 108 valence electrons. The van der Waals surface area contributed by atoms with E-state index in [0.29, 0.717) is 17.6 Å². The van der Waals surface area contributed by atoms with E-state index < -0.39 is 0 Å². The van der Waals surface area contributed by atoms with Crippen molar-refractivity contribution in [2.75, 3.05) is 11.9 Å². The van der Waals surface area contributed by atoms with Gasteiger partial charge in [0, 0.05) is 12.6 Å². The maximum absolute atomic E-state index is 6.00. The first-order valence-corrected chi connectivity index (χ1v) is 7.67. The Morgan fingerprint density at radius 1 is 1.35 bits per heavy atom. The summed E-state index contributed by atoms with van der Waals surface area (Å²) in [6.07, 6.45) is 6.86. The third-order valence-electron chi connectivity index (χ3n) is 3.80. The van der Waals surface area contributed by atoms with Crippen molar-refractivity contribution >= 4 is 28.6 Å². The fourth-order valence-corrected chi connectivity index (χ4v) is 2.97.